The molecule has 0 radical (unpaired) electrons. The van der Waals surface area contributed by atoms with Crippen LogP contribution in [0.1, 0.15) is 5.56 Å². The van der Waals surface area contributed by atoms with Gasteiger partial charge in [0.2, 0.25) is 5.71 Å². The fourth-order valence-electron chi connectivity index (χ4n) is 1.07. The third kappa shape index (κ3) is 3.19. The lowest BCUT2D eigenvalue weighted by Gasteiger charge is -2.08. The van der Waals surface area contributed by atoms with Crippen molar-refractivity contribution < 1.29 is 4.39 Å². The summed E-state index contributed by atoms with van der Waals surface area (Å²) >= 11 is 8.66. The highest BCUT2D eigenvalue weighted by molar-refractivity contribution is 9.10. The summed E-state index contributed by atoms with van der Waals surface area (Å²) in [5.41, 5.74) is 6.62. The zero-order valence-electron chi connectivity index (χ0n) is 9.13. The summed E-state index contributed by atoms with van der Waals surface area (Å²) in [4.78, 5) is 0. The summed E-state index contributed by atoms with van der Waals surface area (Å²) < 4.78 is 13.9. The molecule has 1 aromatic carbocycles. The third-order valence-electron chi connectivity index (χ3n) is 1.92. The van der Waals surface area contributed by atoms with Gasteiger partial charge in [0.25, 0.3) is 0 Å². The largest absolute Gasteiger partial charge is 0.382 e. The molecule has 0 aliphatic carbocycles. The molecule has 4 N–H and O–H groups in total. The normalized spacial score (nSPS) is 10.5. The zero-order chi connectivity index (χ0) is 14.6. The molecule has 0 aliphatic heterocycles. The number of nitrogens with two attached hydrogens (primary N) is 1. The molecule has 0 unspecified atom stereocenters. The summed E-state index contributed by atoms with van der Waals surface area (Å²) in [5.74, 6) is -1.47. The van der Waals surface area contributed by atoms with Gasteiger partial charge in [0.1, 0.15) is 17.7 Å². The van der Waals surface area contributed by atoms with Gasteiger partial charge in [-0.3, -0.25) is 10.8 Å². The van der Waals surface area contributed by atoms with Crippen molar-refractivity contribution in [3.63, 3.8) is 0 Å². The number of hydrazone groups is 1. The highest BCUT2D eigenvalue weighted by atomic mass is 79.9. The van der Waals surface area contributed by atoms with Crippen molar-refractivity contribution >= 4 is 44.8 Å². The van der Waals surface area contributed by atoms with Crippen molar-refractivity contribution in [3.05, 3.63) is 26.9 Å². The molecule has 0 saturated carbocycles. The quantitative estimate of drug-likeness (QED) is 0.337. The van der Waals surface area contributed by atoms with Crippen LogP contribution in [0.4, 0.5) is 10.1 Å². The number of anilines is 1. The lowest BCUT2D eigenvalue weighted by atomic mass is 10.2. The Morgan fingerprint density at radius 2 is 2.21 bits per heavy atom. The number of rotatable bonds is 3. The summed E-state index contributed by atoms with van der Waals surface area (Å²) in [6.45, 7) is 0. The fourth-order valence-corrected chi connectivity index (χ4v) is 1.92. The molecule has 0 aliphatic rings. The lowest BCUT2D eigenvalue weighted by Crippen LogP contribution is -2.22. The molecule has 1 rings (SSSR count). The van der Waals surface area contributed by atoms with E-state index in [1.54, 1.807) is 12.1 Å². The van der Waals surface area contributed by atoms with Crippen LogP contribution in [0.25, 0.3) is 0 Å². The first kappa shape index (κ1) is 14.9. The van der Waals surface area contributed by atoms with Crippen LogP contribution in [0, 0.1) is 33.9 Å². The Labute approximate surface area is 120 Å². The van der Waals surface area contributed by atoms with Crippen LogP contribution in [-0.2, 0) is 0 Å². The molecule has 96 valence electrons. The summed E-state index contributed by atoms with van der Waals surface area (Å²) in [6, 6.07) is 4.43. The average Bonchev–Trinajstić information content (AvgIpc) is 2.35. The molecule has 9 heteroatoms. The predicted octanol–water partition coefficient (Wildman–Crippen LogP) is 2.34. The molecule has 0 fully saturated rings. The van der Waals surface area contributed by atoms with Gasteiger partial charge in [-0.1, -0.05) is 11.6 Å². The Balaban J connectivity index is 3.31. The average molecular weight is 344 g/mol. The summed E-state index contributed by atoms with van der Waals surface area (Å²) in [7, 11) is 0. The number of amidine groups is 1. The number of nitrogens with zero attached hydrogens (tertiary/aromatic N) is 3. The molecule has 19 heavy (non-hydrogen) atoms. The smallest absolute Gasteiger partial charge is 0.201 e. The summed E-state index contributed by atoms with van der Waals surface area (Å²) in [5, 5.41) is 27.9. The van der Waals surface area contributed by atoms with E-state index in [0.717, 1.165) is 0 Å². The van der Waals surface area contributed by atoms with E-state index in [1.807, 2.05) is 0 Å². The van der Waals surface area contributed by atoms with E-state index in [0.29, 0.717) is 0 Å². The van der Waals surface area contributed by atoms with Gasteiger partial charge in [-0.25, -0.2) is 4.39 Å². The second-order valence-electron chi connectivity index (χ2n) is 3.11. The maximum atomic E-state index is 13.6. The first-order valence-corrected chi connectivity index (χ1v) is 5.75. The molecular formula is C10H5BrClFN6. The van der Waals surface area contributed by atoms with Crippen LogP contribution in [0.2, 0.25) is 5.02 Å². The minimum Gasteiger partial charge on any atom is -0.382 e. The topological polar surface area (TPSA) is 122 Å². The molecule has 0 saturated heterocycles. The molecule has 0 spiro atoms. The van der Waals surface area contributed by atoms with Crippen LogP contribution in [0.3, 0.4) is 0 Å². The zero-order valence-corrected chi connectivity index (χ0v) is 11.5. The molecule has 0 atom stereocenters. The van der Waals surface area contributed by atoms with Gasteiger partial charge in [-0.2, -0.15) is 15.6 Å². The monoisotopic (exact) mass is 342 g/mol. The van der Waals surface area contributed by atoms with Gasteiger partial charge in [-0.15, -0.1) is 0 Å². The van der Waals surface area contributed by atoms with Crippen molar-refractivity contribution in [2.24, 2.45) is 10.8 Å². The maximum absolute atomic E-state index is 13.6. The Kier molecular flexibility index (Phi) is 4.81. The van der Waals surface area contributed by atoms with Crippen molar-refractivity contribution in [2.75, 3.05) is 5.43 Å². The highest BCUT2D eigenvalue weighted by Gasteiger charge is 2.16. The number of hydrogen-bond acceptors (Lipinski definition) is 5. The van der Waals surface area contributed by atoms with Gasteiger partial charge >= 0.3 is 0 Å². The number of benzene rings is 1. The van der Waals surface area contributed by atoms with Crippen LogP contribution in [0.5, 0.6) is 0 Å². The SMILES string of the molecule is N#C/C(=N\Nc1c(Br)cc(Cl)c(F)c1C#N)C(=N)N. The minimum atomic E-state index is -0.911. The van der Waals surface area contributed by atoms with E-state index >= 15 is 0 Å². The van der Waals surface area contributed by atoms with E-state index in [2.05, 4.69) is 26.5 Å². The lowest BCUT2D eigenvalue weighted by molar-refractivity contribution is 0.624. The minimum absolute atomic E-state index is 0.0154. The van der Waals surface area contributed by atoms with Gasteiger partial charge in [0.15, 0.2) is 11.7 Å². The number of nitrogens with one attached hydrogen (secondary N) is 2. The van der Waals surface area contributed by atoms with Crippen LogP contribution < -0.4 is 11.2 Å². The second kappa shape index (κ2) is 6.14. The second-order valence-corrected chi connectivity index (χ2v) is 4.38. The van der Waals surface area contributed by atoms with E-state index in [9.17, 15) is 4.39 Å². The van der Waals surface area contributed by atoms with Crippen molar-refractivity contribution in [1.29, 1.82) is 15.9 Å². The summed E-state index contributed by atoms with van der Waals surface area (Å²) in [6.07, 6.45) is 0. The first-order valence-electron chi connectivity index (χ1n) is 4.58. The Hall–Kier alpha value is -2.16. The molecule has 0 amide bonds. The highest BCUT2D eigenvalue weighted by Crippen LogP contribution is 2.33. The fraction of sp³-hybridized carbons (Fsp3) is 0. The van der Waals surface area contributed by atoms with E-state index in [4.69, 9.17) is 33.3 Å². The van der Waals surface area contributed by atoms with Crippen molar-refractivity contribution in [1.82, 2.24) is 0 Å². The van der Waals surface area contributed by atoms with E-state index < -0.39 is 17.4 Å². The van der Waals surface area contributed by atoms with Crippen LogP contribution >= 0.6 is 27.5 Å². The Morgan fingerprint density at radius 3 is 2.68 bits per heavy atom. The number of halogens is 3. The predicted molar refractivity (Wildman–Crippen MR) is 72.4 cm³/mol. The molecule has 0 bridgehead atoms. The van der Waals surface area contributed by atoms with Gasteiger partial charge < -0.3 is 5.73 Å². The van der Waals surface area contributed by atoms with Crippen LogP contribution in [-0.4, -0.2) is 11.5 Å². The number of nitriles is 2. The van der Waals surface area contributed by atoms with Crippen molar-refractivity contribution in [2.45, 2.75) is 0 Å². The molecular weight excluding hydrogens is 339 g/mol. The maximum Gasteiger partial charge on any atom is 0.201 e. The molecule has 1 aromatic rings. The van der Waals surface area contributed by atoms with Gasteiger partial charge in [0, 0.05) is 4.47 Å². The Bertz CT molecular complexity index is 657. The molecule has 0 aromatic heterocycles. The van der Waals surface area contributed by atoms with Gasteiger partial charge in [0.05, 0.1) is 10.7 Å². The third-order valence-corrected chi connectivity index (χ3v) is 2.82. The first-order chi connectivity index (χ1) is 8.92. The van der Waals surface area contributed by atoms with E-state index in [-0.39, 0.29) is 20.7 Å². The molecule has 0 heterocycles. The standard InChI is InChI=1S/C10H5BrClFN6/c11-5-1-6(12)8(13)4(2-14)9(5)19-18-7(3-15)10(16)17/h1,19H,(H3,16,17)/b18-7+. The Morgan fingerprint density at radius 1 is 1.58 bits per heavy atom. The molecule has 6 nitrogen and oxygen atoms in total. The van der Waals surface area contributed by atoms with E-state index in [1.165, 1.54) is 6.07 Å². The van der Waals surface area contributed by atoms with Gasteiger partial charge in [-0.05, 0) is 22.0 Å². The van der Waals surface area contributed by atoms with Crippen LogP contribution in [0.15, 0.2) is 15.6 Å². The number of hydrogen-bond donors (Lipinski definition) is 3. The van der Waals surface area contributed by atoms with Crippen molar-refractivity contribution in [3.8, 4) is 12.1 Å².